The number of hydrogen-bond acceptors (Lipinski definition) is 5. The van der Waals surface area contributed by atoms with Crippen molar-refractivity contribution in [3.8, 4) is 33.9 Å². The lowest BCUT2D eigenvalue weighted by Crippen LogP contribution is -2.11. The highest BCUT2D eigenvalue weighted by Crippen LogP contribution is 2.43. The van der Waals surface area contributed by atoms with Crippen molar-refractivity contribution >= 4 is 49.8 Å². The summed E-state index contributed by atoms with van der Waals surface area (Å²) in [5, 5.41) is 5.53. The molecule has 0 spiro atoms. The van der Waals surface area contributed by atoms with Gasteiger partial charge in [0.25, 0.3) is 0 Å². The SMILES string of the molecule is C1=CC(c2nc(-c3ccccc3)nc(-c3c(-c4ccc5ccccc5c4)ccc4oc5ccccc5c34)n2)Cc2c1oc1ccccc21. The Morgan fingerprint density at radius 3 is 2.15 bits per heavy atom. The van der Waals surface area contributed by atoms with E-state index in [2.05, 4.69) is 103 Å². The molecule has 6 aromatic carbocycles. The molecule has 1 unspecified atom stereocenters. The number of aromatic nitrogens is 3. The Balaban J connectivity index is 1.24. The molecular weight excluding hydrogens is 590 g/mol. The summed E-state index contributed by atoms with van der Waals surface area (Å²) < 4.78 is 12.6. The highest BCUT2D eigenvalue weighted by atomic mass is 16.3. The van der Waals surface area contributed by atoms with E-state index in [0.29, 0.717) is 11.6 Å². The van der Waals surface area contributed by atoms with Crippen LogP contribution in [0.2, 0.25) is 0 Å². The van der Waals surface area contributed by atoms with Gasteiger partial charge in [0.05, 0.1) is 0 Å². The summed E-state index contributed by atoms with van der Waals surface area (Å²) in [6.45, 7) is 0. The fourth-order valence-electron chi connectivity index (χ4n) is 7.16. The van der Waals surface area contributed by atoms with Crippen molar-refractivity contribution in [2.45, 2.75) is 12.3 Å². The molecule has 1 aliphatic carbocycles. The van der Waals surface area contributed by atoms with Gasteiger partial charge in [0.15, 0.2) is 11.6 Å². The van der Waals surface area contributed by atoms with Crippen LogP contribution in [0.1, 0.15) is 23.1 Å². The van der Waals surface area contributed by atoms with Gasteiger partial charge in [-0.15, -0.1) is 0 Å². The first-order valence-electron chi connectivity index (χ1n) is 16.2. The van der Waals surface area contributed by atoms with E-state index in [1.54, 1.807) is 0 Å². The van der Waals surface area contributed by atoms with Gasteiger partial charge in [-0.1, -0.05) is 109 Å². The molecule has 10 rings (SSSR count). The summed E-state index contributed by atoms with van der Waals surface area (Å²) in [5.74, 6) is 2.82. The van der Waals surface area contributed by atoms with E-state index in [1.807, 2.05) is 42.5 Å². The van der Waals surface area contributed by atoms with Crippen LogP contribution in [0.5, 0.6) is 0 Å². The number of para-hydroxylation sites is 2. The van der Waals surface area contributed by atoms with Crippen LogP contribution < -0.4 is 0 Å². The van der Waals surface area contributed by atoms with Crippen LogP contribution in [0.25, 0.3) is 83.7 Å². The monoisotopic (exact) mass is 617 g/mol. The summed E-state index contributed by atoms with van der Waals surface area (Å²) in [5.41, 5.74) is 7.71. The largest absolute Gasteiger partial charge is 0.456 e. The number of benzene rings is 6. The van der Waals surface area contributed by atoms with Crippen molar-refractivity contribution in [3.05, 3.63) is 157 Å². The molecule has 226 valence electrons. The molecule has 0 radical (unpaired) electrons. The fraction of sp³-hybridized carbons (Fsp3) is 0.0465. The van der Waals surface area contributed by atoms with Gasteiger partial charge in [0.2, 0.25) is 0 Å². The average molecular weight is 618 g/mol. The lowest BCUT2D eigenvalue weighted by Gasteiger charge is -2.18. The Morgan fingerprint density at radius 1 is 0.542 bits per heavy atom. The summed E-state index contributed by atoms with van der Waals surface area (Å²) in [7, 11) is 0. The number of allylic oxidation sites excluding steroid dienone is 1. The smallest absolute Gasteiger partial charge is 0.165 e. The molecule has 0 bridgehead atoms. The van der Waals surface area contributed by atoms with Crippen molar-refractivity contribution in [2.24, 2.45) is 0 Å². The van der Waals surface area contributed by atoms with E-state index in [1.165, 1.54) is 16.3 Å². The summed E-state index contributed by atoms with van der Waals surface area (Å²) in [4.78, 5) is 15.7. The second-order valence-electron chi connectivity index (χ2n) is 12.3. The molecule has 1 atom stereocenters. The molecule has 3 heterocycles. The predicted octanol–water partition coefficient (Wildman–Crippen LogP) is 11.0. The summed E-state index contributed by atoms with van der Waals surface area (Å²) in [6.07, 6.45) is 4.97. The molecule has 5 heteroatoms. The molecule has 5 nitrogen and oxygen atoms in total. The van der Waals surface area contributed by atoms with Crippen molar-refractivity contribution in [1.82, 2.24) is 15.0 Å². The number of fused-ring (bicyclic) bond motifs is 7. The molecule has 0 saturated heterocycles. The van der Waals surface area contributed by atoms with E-state index >= 15 is 0 Å². The molecule has 0 amide bonds. The minimum Gasteiger partial charge on any atom is -0.456 e. The molecule has 0 N–H and O–H groups in total. The fourth-order valence-corrected chi connectivity index (χ4v) is 7.16. The summed E-state index contributed by atoms with van der Waals surface area (Å²) in [6, 6.07) is 45.8. The van der Waals surface area contributed by atoms with Gasteiger partial charge < -0.3 is 8.83 Å². The minimum atomic E-state index is -0.0628. The quantitative estimate of drug-likeness (QED) is 0.197. The summed E-state index contributed by atoms with van der Waals surface area (Å²) >= 11 is 0. The number of rotatable bonds is 4. The number of nitrogens with zero attached hydrogens (tertiary/aromatic N) is 3. The molecule has 9 aromatic rings. The molecule has 1 aliphatic rings. The Kier molecular flexibility index (Phi) is 5.93. The van der Waals surface area contributed by atoms with Gasteiger partial charge in [-0.3, -0.25) is 0 Å². The van der Waals surface area contributed by atoms with Crippen LogP contribution >= 0.6 is 0 Å². The Labute approximate surface area is 275 Å². The first-order chi connectivity index (χ1) is 23.8. The van der Waals surface area contributed by atoms with Gasteiger partial charge in [-0.25, -0.2) is 15.0 Å². The zero-order chi connectivity index (χ0) is 31.6. The standard InChI is InChI=1S/C43H27N3O2/c1-2-11-27(12-3-1)41-44-42(30-20-22-37-34(25-30)32-14-6-8-16-35(32)47-37)46-43(45-41)40-31(29-19-18-26-10-4-5-13-28(26)24-29)21-23-38-39(40)33-15-7-9-17-36(33)48-38/h1-24,30H,25H2. The van der Waals surface area contributed by atoms with E-state index in [4.69, 9.17) is 23.8 Å². The lowest BCUT2D eigenvalue weighted by molar-refractivity contribution is 0.589. The second kappa shape index (κ2) is 10.6. The Morgan fingerprint density at radius 2 is 1.27 bits per heavy atom. The highest BCUT2D eigenvalue weighted by molar-refractivity contribution is 6.15. The molecule has 3 aromatic heterocycles. The maximum Gasteiger partial charge on any atom is 0.165 e. The molecule has 0 aliphatic heterocycles. The molecular formula is C43H27N3O2. The van der Waals surface area contributed by atoms with Crippen LogP contribution in [0, 0.1) is 0 Å². The van der Waals surface area contributed by atoms with Crippen LogP contribution in [0.4, 0.5) is 0 Å². The zero-order valence-corrected chi connectivity index (χ0v) is 25.8. The third-order valence-electron chi connectivity index (χ3n) is 9.48. The van der Waals surface area contributed by atoms with Gasteiger partial charge in [0, 0.05) is 38.8 Å². The van der Waals surface area contributed by atoms with Gasteiger partial charge >= 0.3 is 0 Å². The van der Waals surface area contributed by atoms with E-state index in [9.17, 15) is 0 Å². The maximum absolute atomic E-state index is 6.42. The van der Waals surface area contributed by atoms with Gasteiger partial charge in [-0.2, -0.15) is 0 Å². The normalized spacial score (nSPS) is 14.3. The van der Waals surface area contributed by atoms with Crippen molar-refractivity contribution in [1.29, 1.82) is 0 Å². The van der Waals surface area contributed by atoms with Crippen LogP contribution in [-0.4, -0.2) is 15.0 Å². The van der Waals surface area contributed by atoms with Crippen molar-refractivity contribution in [3.63, 3.8) is 0 Å². The number of hydrogen-bond donors (Lipinski definition) is 0. The molecule has 0 saturated carbocycles. The van der Waals surface area contributed by atoms with E-state index in [-0.39, 0.29) is 5.92 Å². The minimum absolute atomic E-state index is 0.0628. The Hall–Kier alpha value is -6.33. The van der Waals surface area contributed by atoms with Gasteiger partial charge in [-0.05, 0) is 64.7 Å². The zero-order valence-electron chi connectivity index (χ0n) is 25.8. The van der Waals surface area contributed by atoms with Crippen LogP contribution in [-0.2, 0) is 6.42 Å². The van der Waals surface area contributed by atoms with Crippen LogP contribution in [0.3, 0.4) is 0 Å². The predicted molar refractivity (Wildman–Crippen MR) is 193 cm³/mol. The maximum atomic E-state index is 6.42. The third-order valence-corrected chi connectivity index (χ3v) is 9.48. The second-order valence-corrected chi connectivity index (χ2v) is 12.3. The Bertz CT molecular complexity index is 2720. The van der Waals surface area contributed by atoms with E-state index in [0.717, 1.165) is 73.2 Å². The van der Waals surface area contributed by atoms with Gasteiger partial charge in [0.1, 0.15) is 28.3 Å². The molecule has 0 fully saturated rings. The van der Waals surface area contributed by atoms with Crippen molar-refractivity contribution in [2.75, 3.05) is 0 Å². The van der Waals surface area contributed by atoms with E-state index < -0.39 is 0 Å². The molecule has 48 heavy (non-hydrogen) atoms. The first kappa shape index (κ1) is 26.8. The number of furan rings is 2. The average Bonchev–Trinajstić information content (AvgIpc) is 3.72. The van der Waals surface area contributed by atoms with Crippen molar-refractivity contribution < 1.29 is 8.83 Å². The first-order valence-corrected chi connectivity index (χ1v) is 16.2. The lowest BCUT2D eigenvalue weighted by atomic mass is 9.91. The highest BCUT2D eigenvalue weighted by Gasteiger charge is 2.27. The van der Waals surface area contributed by atoms with Crippen LogP contribution in [0.15, 0.2) is 148 Å². The third kappa shape index (κ3) is 4.28. The topological polar surface area (TPSA) is 65.0 Å².